The van der Waals surface area contributed by atoms with Crippen molar-refractivity contribution in [2.45, 2.75) is 16.2 Å². The molecule has 6 nitrogen and oxygen atoms in total. The Labute approximate surface area is 130 Å². The van der Waals surface area contributed by atoms with Crippen molar-refractivity contribution in [3.05, 3.63) is 63.7 Å². The number of carboxylic acid groups (broad SMARTS) is 1. The van der Waals surface area contributed by atoms with Crippen molar-refractivity contribution in [3.63, 3.8) is 0 Å². The van der Waals surface area contributed by atoms with Crippen LogP contribution in [-0.2, 0) is 11.2 Å². The van der Waals surface area contributed by atoms with Crippen molar-refractivity contribution in [2.75, 3.05) is 0 Å². The standard InChI is InChI=1S/C15H10N2O4S/c16-9-11-8-12(17(20)21)3-6-14(11)22-13-4-1-10(2-5-13)7-15(18)19/h1-6,8H,7H2,(H,18,19). The van der Waals surface area contributed by atoms with Crippen LogP contribution in [0.15, 0.2) is 52.3 Å². The normalized spacial score (nSPS) is 9.95. The molecule has 1 N–H and O–H groups in total. The molecule has 0 atom stereocenters. The van der Waals surface area contributed by atoms with Gasteiger partial charge in [-0.25, -0.2) is 0 Å². The Morgan fingerprint density at radius 1 is 1.27 bits per heavy atom. The van der Waals surface area contributed by atoms with E-state index >= 15 is 0 Å². The van der Waals surface area contributed by atoms with Gasteiger partial charge in [0.25, 0.3) is 5.69 Å². The fraction of sp³-hybridized carbons (Fsp3) is 0.0667. The Balaban J connectivity index is 2.22. The molecule has 7 heteroatoms. The zero-order valence-electron chi connectivity index (χ0n) is 11.2. The molecule has 0 amide bonds. The second kappa shape index (κ2) is 6.74. The first-order chi connectivity index (χ1) is 10.5. The number of non-ortho nitro benzene ring substituents is 1. The van der Waals surface area contributed by atoms with Gasteiger partial charge in [0.1, 0.15) is 6.07 Å². The lowest BCUT2D eigenvalue weighted by molar-refractivity contribution is -0.384. The molecular weight excluding hydrogens is 304 g/mol. The van der Waals surface area contributed by atoms with Crippen LogP contribution in [0.4, 0.5) is 5.69 Å². The maximum atomic E-state index is 10.7. The number of hydrogen-bond acceptors (Lipinski definition) is 5. The van der Waals surface area contributed by atoms with Crippen LogP contribution >= 0.6 is 11.8 Å². The van der Waals surface area contributed by atoms with Crippen molar-refractivity contribution >= 4 is 23.4 Å². The third-order valence-electron chi connectivity index (χ3n) is 2.80. The molecule has 0 radical (unpaired) electrons. The van der Waals surface area contributed by atoms with Crippen molar-refractivity contribution < 1.29 is 14.8 Å². The highest BCUT2D eigenvalue weighted by molar-refractivity contribution is 7.99. The van der Waals surface area contributed by atoms with E-state index in [0.717, 1.165) is 4.90 Å². The molecule has 0 unspecified atom stereocenters. The summed E-state index contributed by atoms with van der Waals surface area (Å²) in [6, 6.07) is 13.0. The highest BCUT2D eigenvalue weighted by Gasteiger charge is 2.11. The average molecular weight is 314 g/mol. The third-order valence-corrected chi connectivity index (χ3v) is 3.88. The number of aliphatic carboxylic acids is 1. The van der Waals surface area contributed by atoms with Gasteiger partial charge in [-0.1, -0.05) is 23.9 Å². The quantitative estimate of drug-likeness (QED) is 0.671. The average Bonchev–Trinajstić information content (AvgIpc) is 2.49. The van der Waals surface area contributed by atoms with E-state index in [1.165, 1.54) is 30.0 Å². The van der Waals surface area contributed by atoms with Gasteiger partial charge >= 0.3 is 5.97 Å². The summed E-state index contributed by atoms with van der Waals surface area (Å²) in [6.07, 6.45) is -0.0497. The predicted molar refractivity (Wildman–Crippen MR) is 79.7 cm³/mol. The van der Waals surface area contributed by atoms with Gasteiger partial charge < -0.3 is 5.11 Å². The van der Waals surface area contributed by atoms with Crippen LogP contribution < -0.4 is 0 Å². The first-order valence-corrected chi connectivity index (χ1v) is 6.98. The summed E-state index contributed by atoms with van der Waals surface area (Å²) in [5.74, 6) is -0.900. The minimum absolute atomic E-state index is 0.0497. The van der Waals surface area contributed by atoms with E-state index in [0.29, 0.717) is 10.5 Å². The molecule has 0 aliphatic heterocycles. The third kappa shape index (κ3) is 3.84. The Kier molecular flexibility index (Phi) is 4.76. The fourth-order valence-corrected chi connectivity index (χ4v) is 2.66. The molecule has 2 aromatic rings. The smallest absolute Gasteiger partial charge is 0.307 e. The van der Waals surface area contributed by atoms with E-state index in [1.807, 2.05) is 6.07 Å². The van der Waals surface area contributed by atoms with Gasteiger partial charge in [-0.15, -0.1) is 0 Å². The molecule has 110 valence electrons. The van der Waals surface area contributed by atoms with Gasteiger partial charge in [-0.2, -0.15) is 5.26 Å². The number of hydrogen-bond donors (Lipinski definition) is 1. The molecule has 2 aromatic carbocycles. The van der Waals surface area contributed by atoms with Gasteiger partial charge in [0, 0.05) is 21.9 Å². The zero-order valence-corrected chi connectivity index (χ0v) is 12.0. The van der Waals surface area contributed by atoms with Crippen molar-refractivity contribution in [1.82, 2.24) is 0 Å². The molecule has 0 fully saturated rings. The number of rotatable bonds is 5. The van der Waals surface area contributed by atoms with Gasteiger partial charge in [0.15, 0.2) is 0 Å². The SMILES string of the molecule is N#Cc1cc([N+](=O)[O-])ccc1Sc1ccc(CC(=O)O)cc1. The maximum absolute atomic E-state index is 10.7. The van der Waals surface area contributed by atoms with Crippen molar-refractivity contribution in [1.29, 1.82) is 5.26 Å². The molecule has 0 aromatic heterocycles. The van der Waals surface area contributed by atoms with E-state index < -0.39 is 10.9 Å². The van der Waals surface area contributed by atoms with E-state index in [-0.39, 0.29) is 17.7 Å². The Morgan fingerprint density at radius 3 is 2.50 bits per heavy atom. The highest BCUT2D eigenvalue weighted by atomic mass is 32.2. The molecule has 0 saturated heterocycles. The van der Waals surface area contributed by atoms with E-state index in [9.17, 15) is 14.9 Å². The summed E-state index contributed by atoms with van der Waals surface area (Å²) >= 11 is 1.29. The predicted octanol–water partition coefficient (Wildman–Crippen LogP) is 3.24. The molecule has 2 rings (SSSR count). The van der Waals surface area contributed by atoms with Crippen LogP contribution in [0.25, 0.3) is 0 Å². The topological polar surface area (TPSA) is 104 Å². The lowest BCUT2D eigenvalue weighted by Gasteiger charge is -2.05. The van der Waals surface area contributed by atoms with Crippen LogP contribution in [0.3, 0.4) is 0 Å². The minimum Gasteiger partial charge on any atom is -0.481 e. The highest BCUT2D eigenvalue weighted by Crippen LogP contribution is 2.32. The lowest BCUT2D eigenvalue weighted by Crippen LogP contribution is -1.99. The Morgan fingerprint density at radius 2 is 1.95 bits per heavy atom. The summed E-state index contributed by atoms with van der Waals surface area (Å²) in [5, 5.41) is 28.5. The van der Waals surface area contributed by atoms with Crippen molar-refractivity contribution in [3.8, 4) is 6.07 Å². The van der Waals surface area contributed by atoms with Crippen LogP contribution in [0.1, 0.15) is 11.1 Å². The molecule has 0 bridgehead atoms. The molecule has 0 aliphatic carbocycles. The first-order valence-electron chi connectivity index (χ1n) is 6.16. The number of nitro groups is 1. The van der Waals surface area contributed by atoms with Crippen LogP contribution in [0.5, 0.6) is 0 Å². The Hall–Kier alpha value is -2.85. The summed E-state index contributed by atoms with van der Waals surface area (Å²) in [6.45, 7) is 0. The molecular formula is C15H10N2O4S. The van der Waals surface area contributed by atoms with Crippen LogP contribution in [-0.4, -0.2) is 16.0 Å². The number of carboxylic acids is 1. The number of nitro benzene ring substituents is 1. The molecule has 0 aliphatic rings. The number of carbonyl (C=O) groups is 1. The molecule has 0 spiro atoms. The number of benzene rings is 2. The summed E-state index contributed by atoms with van der Waals surface area (Å²) in [7, 11) is 0. The fourth-order valence-electron chi connectivity index (χ4n) is 1.78. The second-order valence-electron chi connectivity index (χ2n) is 4.37. The largest absolute Gasteiger partial charge is 0.481 e. The maximum Gasteiger partial charge on any atom is 0.307 e. The molecule has 0 heterocycles. The number of nitriles is 1. The second-order valence-corrected chi connectivity index (χ2v) is 5.48. The van der Waals surface area contributed by atoms with E-state index in [2.05, 4.69) is 0 Å². The zero-order chi connectivity index (χ0) is 16.1. The molecule has 0 saturated carbocycles. The summed E-state index contributed by atoms with van der Waals surface area (Å²) in [4.78, 5) is 22.2. The van der Waals surface area contributed by atoms with Gasteiger partial charge in [-0.3, -0.25) is 14.9 Å². The lowest BCUT2D eigenvalue weighted by atomic mass is 10.2. The molecule has 22 heavy (non-hydrogen) atoms. The monoisotopic (exact) mass is 314 g/mol. The van der Waals surface area contributed by atoms with Gasteiger partial charge in [-0.05, 0) is 23.8 Å². The van der Waals surface area contributed by atoms with E-state index in [1.54, 1.807) is 24.3 Å². The number of nitrogens with zero attached hydrogens (tertiary/aromatic N) is 2. The van der Waals surface area contributed by atoms with E-state index in [4.69, 9.17) is 10.4 Å². The first kappa shape index (κ1) is 15.5. The Bertz CT molecular complexity index is 766. The summed E-state index contributed by atoms with van der Waals surface area (Å²) in [5.41, 5.74) is 0.785. The summed E-state index contributed by atoms with van der Waals surface area (Å²) < 4.78 is 0. The minimum atomic E-state index is -0.900. The van der Waals surface area contributed by atoms with Crippen LogP contribution in [0.2, 0.25) is 0 Å². The van der Waals surface area contributed by atoms with Gasteiger partial charge in [0.05, 0.1) is 16.9 Å². The van der Waals surface area contributed by atoms with Crippen molar-refractivity contribution in [2.24, 2.45) is 0 Å². The van der Waals surface area contributed by atoms with Gasteiger partial charge in [0.2, 0.25) is 0 Å². The van der Waals surface area contributed by atoms with Crippen LogP contribution in [0, 0.1) is 21.4 Å².